The Morgan fingerprint density at radius 1 is 1.47 bits per heavy atom. The topological polar surface area (TPSA) is 75.4 Å². The van der Waals surface area contributed by atoms with Gasteiger partial charge in [-0.3, -0.25) is 4.79 Å². The van der Waals surface area contributed by atoms with Gasteiger partial charge in [0.2, 0.25) is 5.91 Å². The van der Waals surface area contributed by atoms with E-state index in [-0.39, 0.29) is 18.9 Å². The molecule has 1 amide bonds. The molecule has 0 radical (unpaired) electrons. The van der Waals surface area contributed by atoms with Crippen LogP contribution in [-0.2, 0) is 11.2 Å². The van der Waals surface area contributed by atoms with Crippen LogP contribution in [0, 0.1) is 19.8 Å². The van der Waals surface area contributed by atoms with Gasteiger partial charge < -0.3 is 14.9 Å². The van der Waals surface area contributed by atoms with E-state index in [4.69, 9.17) is 4.52 Å². The molecule has 0 saturated heterocycles. The summed E-state index contributed by atoms with van der Waals surface area (Å²) in [6.07, 6.45) is 0.886. The highest BCUT2D eigenvalue weighted by molar-refractivity contribution is 5.79. The Balaban J connectivity index is 2.49. The van der Waals surface area contributed by atoms with Crippen molar-refractivity contribution in [1.82, 2.24) is 10.5 Å². The molecule has 1 rings (SSSR count). The standard InChI is InChI=1S/C14H24N2O3/c1-9(2)7-14(5,18)8-15-13(17)6-12-10(3)16-19-11(12)4/h9,18H,6-8H2,1-5H3,(H,15,17). The number of carbonyl (C=O) groups excluding carboxylic acids is 1. The molecular weight excluding hydrogens is 244 g/mol. The molecule has 0 aliphatic carbocycles. The van der Waals surface area contributed by atoms with Gasteiger partial charge in [0, 0.05) is 12.1 Å². The lowest BCUT2D eigenvalue weighted by molar-refractivity contribution is -0.121. The normalized spacial score (nSPS) is 14.5. The van der Waals surface area contributed by atoms with Crippen LogP contribution in [0.4, 0.5) is 0 Å². The Bertz CT molecular complexity index is 416. The average molecular weight is 268 g/mol. The van der Waals surface area contributed by atoms with Crippen LogP contribution in [0.1, 0.15) is 44.2 Å². The van der Waals surface area contributed by atoms with E-state index in [9.17, 15) is 9.90 Å². The average Bonchev–Trinajstić information content (AvgIpc) is 2.57. The summed E-state index contributed by atoms with van der Waals surface area (Å²) in [5.41, 5.74) is 0.685. The molecule has 1 heterocycles. The van der Waals surface area contributed by atoms with Crippen LogP contribution in [0.5, 0.6) is 0 Å². The van der Waals surface area contributed by atoms with Gasteiger partial charge >= 0.3 is 0 Å². The summed E-state index contributed by atoms with van der Waals surface area (Å²) in [5, 5.41) is 16.7. The number of hydrogen-bond donors (Lipinski definition) is 2. The molecule has 108 valence electrons. The number of amides is 1. The fourth-order valence-electron chi connectivity index (χ4n) is 2.22. The van der Waals surface area contributed by atoms with Crippen LogP contribution in [-0.4, -0.2) is 28.3 Å². The number of aliphatic hydroxyl groups is 1. The molecule has 0 spiro atoms. The molecule has 0 aliphatic rings. The summed E-state index contributed by atoms with van der Waals surface area (Å²) in [4.78, 5) is 11.9. The van der Waals surface area contributed by atoms with Gasteiger partial charge in [0.15, 0.2) is 0 Å². The highest BCUT2D eigenvalue weighted by Crippen LogP contribution is 2.16. The van der Waals surface area contributed by atoms with Crippen molar-refractivity contribution in [2.75, 3.05) is 6.54 Å². The van der Waals surface area contributed by atoms with Crippen LogP contribution >= 0.6 is 0 Å². The van der Waals surface area contributed by atoms with Gasteiger partial charge in [0.25, 0.3) is 0 Å². The number of nitrogens with zero attached hydrogens (tertiary/aromatic N) is 1. The molecule has 1 aromatic rings. The SMILES string of the molecule is Cc1noc(C)c1CC(=O)NCC(C)(O)CC(C)C. The van der Waals surface area contributed by atoms with Gasteiger partial charge in [-0.05, 0) is 33.1 Å². The van der Waals surface area contributed by atoms with Gasteiger partial charge in [0.05, 0.1) is 17.7 Å². The minimum absolute atomic E-state index is 0.126. The van der Waals surface area contributed by atoms with Crippen molar-refractivity contribution in [2.45, 2.75) is 53.1 Å². The van der Waals surface area contributed by atoms with Crippen molar-refractivity contribution in [3.8, 4) is 0 Å². The Kier molecular flexibility index (Phi) is 5.11. The summed E-state index contributed by atoms with van der Waals surface area (Å²) >= 11 is 0. The predicted octanol–water partition coefficient (Wildman–Crippen LogP) is 1.75. The zero-order valence-corrected chi connectivity index (χ0v) is 12.4. The van der Waals surface area contributed by atoms with Crippen LogP contribution in [0.2, 0.25) is 0 Å². The van der Waals surface area contributed by atoms with E-state index in [2.05, 4.69) is 10.5 Å². The van der Waals surface area contributed by atoms with Gasteiger partial charge in [-0.25, -0.2) is 0 Å². The van der Waals surface area contributed by atoms with E-state index >= 15 is 0 Å². The maximum Gasteiger partial charge on any atom is 0.224 e. The molecule has 1 unspecified atom stereocenters. The zero-order valence-electron chi connectivity index (χ0n) is 12.4. The number of carbonyl (C=O) groups is 1. The molecule has 0 saturated carbocycles. The third-order valence-electron chi connectivity index (χ3n) is 3.03. The summed E-state index contributed by atoms with van der Waals surface area (Å²) < 4.78 is 5.01. The maximum atomic E-state index is 11.9. The van der Waals surface area contributed by atoms with E-state index in [1.807, 2.05) is 20.8 Å². The number of nitrogens with one attached hydrogen (secondary N) is 1. The van der Waals surface area contributed by atoms with Crippen LogP contribution in [0.3, 0.4) is 0 Å². The summed E-state index contributed by atoms with van der Waals surface area (Å²) in [7, 11) is 0. The van der Waals surface area contributed by atoms with Crippen molar-refractivity contribution < 1.29 is 14.4 Å². The highest BCUT2D eigenvalue weighted by atomic mass is 16.5. The number of rotatable bonds is 6. The van der Waals surface area contributed by atoms with E-state index in [0.29, 0.717) is 18.1 Å². The third kappa shape index (κ3) is 5.03. The van der Waals surface area contributed by atoms with Gasteiger partial charge in [0.1, 0.15) is 5.76 Å². The zero-order chi connectivity index (χ0) is 14.6. The first kappa shape index (κ1) is 15.7. The summed E-state index contributed by atoms with van der Waals surface area (Å²) in [5.74, 6) is 0.925. The maximum absolute atomic E-state index is 11.9. The largest absolute Gasteiger partial charge is 0.388 e. The van der Waals surface area contributed by atoms with Crippen molar-refractivity contribution in [1.29, 1.82) is 0 Å². The monoisotopic (exact) mass is 268 g/mol. The summed E-state index contributed by atoms with van der Waals surface area (Å²) in [6, 6.07) is 0. The Labute approximate surface area is 114 Å². The minimum atomic E-state index is -0.872. The molecule has 1 atom stereocenters. The Morgan fingerprint density at radius 2 is 2.11 bits per heavy atom. The number of aryl methyl sites for hydroxylation is 2. The Hall–Kier alpha value is -1.36. The molecule has 19 heavy (non-hydrogen) atoms. The molecular formula is C14H24N2O3. The van der Waals surface area contributed by atoms with Crippen LogP contribution < -0.4 is 5.32 Å². The van der Waals surface area contributed by atoms with Crippen molar-refractivity contribution >= 4 is 5.91 Å². The lowest BCUT2D eigenvalue weighted by atomic mass is 9.94. The molecule has 0 aromatic carbocycles. The van der Waals surface area contributed by atoms with E-state index < -0.39 is 5.60 Å². The molecule has 1 aromatic heterocycles. The fourth-order valence-corrected chi connectivity index (χ4v) is 2.22. The van der Waals surface area contributed by atoms with E-state index in [1.54, 1.807) is 13.8 Å². The van der Waals surface area contributed by atoms with Gasteiger partial charge in [-0.15, -0.1) is 0 Å². The van der Waals surface area contributed by atoms with Crippen molar-refractivity contribution in [2.24, 2.45) is 5.92 Å². The van der Waals surface area contributed by atoms with E-state index in [1.165, 1.54) is 0 Å². The molecule has 0 aliphatic heterocycles. The second-order valence-electron chi connectivity index (χ2n) is 5.85. The Morgan fingerprint density at radius 3 is 2.58 bits per heavy atom. The molecule has 0 bridgehead atoms. The van der Waals surface area contributed by atoms with E-state index in [0.717, 1.165) is 11.3 Å². The lowest BCUT2D eigenvalue weighted by Crippen LogP contribution is -2.42. The summed E-state index contributed by atoms with van der Waals surface area (Å²) in [6.45, 7) is 9.68. The van der Waals surface area contributed by atoms with Crippen LogP contribution in [0.25, 0.3) is 0 Å². The minimum Gasteiger partial charge on any atom is -0.388 e. The van der Waals surface area contributed by atoms with Crippen LogP contribution in [0.15, 0.2) is 4.52 Å². The first-order valence-corrected chi connectivity index (χ1v) is 6.62. The fraction of sp³-hybridized carbons (Fsp3) is 0.714. The first-order chi connectivity index (χ1) is 8.71. The first-order valence-electron chi connectivity index (χ1n) is 6.62. The molecule has 5 heteroatoms. The second kappa shape index (κ2) is 6.19. The molecule has 0 fully saturated rings. The van der Waals surface area contributed by atoms with Gasteiger partial charge in [-0.2, -0.15) is 0 Å². The predicted molar refractivity (Wildman–Crippen MR) is 72.8 cm³/mol. The van der Waals surface area contributed by atoms with Crippen molar-refractivity contribution in [3.05, 3.63) is 17.0 Å². The smallest absolute Gasteiger partial charge is 0.224 e. The quantitative estimate of drug-likeness (QED) is 0.824. The molecule has 5 nitrogen and oxygen atoms in total. The highest BCUT2D eigenvalue weighted by Gasteiger charge is 2.23. The number of aromatic nitrogens is 1. The lowest BCUT2D eigenvalue weighted by Gasteiger charge is -2.25. The van der Waals surface area contributed by atoms with Gasteiger partial charge in [-0.1, -0.05) is 19.0 Å². The third-order valence-corrected chi connectivity index (χ3v) is 3.03. The van der Waals surface area contributed by atoms with Crippen molar-refractivity contribution in [3.63, 3.8) is 0 Å². The molecule has 2 N–H and O–H groups in total. The number of hydrogen-bond acceptors (Lipinski definition) is 4. The second-order valence-corrected chi connectivity index (χ2v) is 5.85.